The van der Waals surface area contributed by atoms with Crippen molar-refractivity contribution in [2.45, 2.75) is 19.8 Å². The van der Waals surface area contributed by atoms with Gasteiger partial charge in [0.2, 0.25) is 0 Å². The Labute approximate surface area is 95.0 Å². The minimum absolute atomic E-state index is 0.0184. The molecule has 0 heterocycles. The zero-order chi connectivity index (χ0) is 12.2. The minimum Gasteiger partial charge on any atom is -0.450 e. The van der Waals surface area contributed by atoms with Crippen LogP contribution < -0.4 is 10.6 Å². The fourth-order valence-corrected chi connectivity index (χ4v) is 0.720. The molecule has 0 fully saturated rings. The molecule has 16 heavy (non-hydrogen) atoms. The molecule has 0 aromatic heterocycles. The second-order valence-corrected chi connectivity index (χ2v) is 2.88. The van der Waals surface area contributed by atoms with Gasteiger partial charge in [-0.3, -0.25) is 0 Å². The fraction of sp³-hybridized carbons (Fsp3) is 0.600. The molecule has 0 aliphatic rings. The second kappa shape index (κ2) is 9.82. The van der Waals surface area contributed by atoms with Gasteiger partial charge in [0, 0.05) is 0 Å². The van der Waals surface area contributed by atoms with Gasteiger partial charge in [0.1, 0.15) is 0 Å². The fourth-order valence-electron chi connectivity index (χ4n) is 0.720. The van der Waals surface area contributed by atoms with Gasteiger partial charge >= 0.3 is 12.2 Å². The van der Waals surface area contributed by atoms with Gasteiger partial charge in [0.15, 0.2) is 0 Å². The Morgan fingerprint density at radius 2 is 1.75 bits per heavy atom. The lowest BCUT2D eigenvalue weighted by Crippen LogP contribution is -2.37. The van der Waals surface area contributed by atoms with Crippen molar-refractivity contribution in [1.29, 1.82) is 0 Å². The lowest BCUT2D eigenvalue weighted by molar-refractivity contribution is 0.139. The van der Waals surface area contributed by atoms with E-state index >= 15 is 0 Å². The number of carbonyl (C=O) groups is 2. The Morgan fingerprint density at radius 1 is 1.19 bits per heavy atom. The second-order valence-electron chi connectivity index (χ2n) is 2.88. The van der Waals surface area contributed by atoms with Crippen LogP contribution in [0.4, 0.5) is 9.59 Å². The van der Waals surface area contributed by atoms with E-state index in [2.05, 4.69) is 17.2 Å². The zero-order valence-corrected chi connectivity index (χ0v) is 9.45. The summed E-state index contributed by atoms with van der Waals surface area (Å²) < 4.78 is 9.45. The Hall–Kier alpha value is -1.72. The average molecular weight is 230 g/mol. The lowest BCUT2D eigenvalue weighted by atomic mass is 10.5. The molecule has 0 saturated carbocycles. The zero-order valence-electron chi connectivity index (χ0n) is 9.45. The highest BCUT2D eigenvalue weighted by atomic mass is 16.6. The topological polar surface area (TPSA) is 76.7 Å². The first-order valence-corrected chi connectivity index (χ1v) is 5.12. The number of carbonyl (C=O) groups excluding carboxylic acids is 2. The van der Waals surface area contributed by atoms with Crippen molar-refractivity contribution in [3.8, 4) is 0 Å². The Kier molecular flexibility index (Phi) is 8.76. The van der Waals surface area contributed by atoms with Crippen LogP contribution in [0.25, 0.3) is 0 Å². The highest BCUT2D eigenvalue weighted by Crippen LogP contribution is 1.84. The van der Waals surface area contributed by atoms with Gasteiger partial charge in [-0.05, 0) is 12.8 Å². The third kappa shape index (κ3) is 8.86. The molecule has 92 valence electrons. The van der Waals surface area contributed by atoms with Crippen LogP contribution in [0.5, 0.6) is 0 Å². The van der Waals surface area contributed by atoms with E-state index in [9.17, 15) is 9.59 Å². The smallest absolute Gasteiger partial charge is 0.408 e. The van der Waals surface area contributed by atoms with Crippen molar-refractivity contribution < 1.29 is 19.1 Å². The van der Waals surface area contributed by atoms with E-state index in [0.29, 0.717) is 13.0 Å². The Balaban J connectivity index is 3.39. The van der Waals surface area contributed by atoms with Gasteiger partial charge in [-0.25, -0.2) is 9.59 Å². The molecule has 0 aromatic rings. The first kappa shape index (κ1) is 14.3. The number of amides is 2. The summed E-state index contributed by atoms with van der Waals surface area (Å²) in [5.74, 6) is 0. The van der Waals surface area contributed by atoms with Crippen LogP contribution >= 0.6 is 0 Å². The highest BCUT2D eigenvalue weighted by molar-refractivity contribution is 5.69. The van der Waals surface area contributed by atoms with Crippen molar-refractivity contribution in [3.05, 3.63) is 12.7 Å². The maximum Gasteiger partial charge on any atom is 0.408 e. The first-order chi connectivity index (χ1) is 7.70. The van der Waals surface area contributed by atoms with Gasteiger partial charge in [0.05, 0.1) is 19.9 Å². The molecule has 0 aliphatic carbocycles. The van der Waals surface area contributed by atoms with E-state index in [4.69, 9.17) is 9.47 Å². The normalized spacial score (nSPS) is 9.06. The average Bonchev–Trinajstić information content (AvgIpc) is 2.26. The monoisotopic (exact) mass is 230 g/mol. The molecule has 2 N–H and O–H groups in total. The summed E-state index contributed by atoms with van der Waals surface area (Å²) in [4.78, 5) is 21.9. The molecule has 0 atom stereocenters. The van der Waals surface area contributed by atoms with Gasteiger partial charge in [-0.2, -0.15) is 0 Å². The van der Waals surface area contributed by atoms with E-state index in [0.717, 1.165) is 6.42 Å². The van der Waals surface area contributed by atoms with Crippen molar-refractivity contribution in [1.82, 2.24) is 10.6 Å². The molecule has 0 aliphatic heterocycles. The van der Waals surface area contributed by atoms with E-state index in [1.807, 2.05) is 6.92 Å². The maximum absolute atomic E-state index is 11.0. The van der Waals surface area contributed by atoms with E-state index in [-0.39, 0.29) is 13.3 Å². The summed E-state index contributed by atoms with van der Waals surface area (Å²) in [6, 6.07) is 0. The predicted molar refractivity (Wildman–Crippen MR) is 58.9 cm³/mol. The predicted octanol–water partition coefficient (Wildman–Crippen LogP) is 1.38. The molecule has 0 bridgehead atoms. The number of rotatable bonds is 7. The molecule has 6 nitrogen and oxygen atoms in total. The van der Waals surface area contributed by atoms with Crippen LogP contribution in [0.3, 0.4) is 0 Å². The van der Waals surface area contributed by atoms with E-state index in [1.54, 1.807) is 6.08 Å². The first-order valence-electron chi connectivity index (χ1n) is 5.12. The van der Waals surface area contributed by atoms with Crippen molar-refractivity contribution >= 4 is 12.2 Å². The van der Waals surface area contributed by atoms with Crippen LogP contribution in [0.1, 0.15) is 19.8 Å². The van der Waals surface area contributed by atoms with Crippen LogP contribution in [0, 0.1) is 0 Å². The Morgan fingerprint density at radius 3 is 2.25 bits per heavy atom. The third-order valence-electron chi connectivity index (χ3n) is 1.46. The van der Waals surface area contributed by atoms with E-state index in [1.165, 1.54) is 0 Å². The molecule has 0 saturated heterocycles. The Bertz CT molecular complexity index is 231. The third-order valence-corrected chi connectivity index (χ3v) is 1.46. The molecular weight excluding hydrogens is 212 g/mol. The summed E-state index contributed by atoms with van der Waals surface area (Å²) in [6.45, 7) is 5.99. The van der Waals surface area contributed by atoms with Crippen LogP contribution in [-0.4, -0.2) is 32.1 Å². The van der Waals surface area contributed by atoms with Crippen LogP contribution in [-0.2, 0) is 9.47 Å². The number of hydrogen-bond acceptors (Lipinski definition) is 4. The molecule has 0 radical (unpaired) electrons. The van der Waals surface area contributed by atoms with Crippen molar-refractivity contribution in [2.24, 2.45) is 0 Å². The number of ether oxygens (including phenoxy) is 2. The number of hydrogen-bond donors (Lipinski definition) is 2. The summed E-state index contributed by atoms with van der Waals surface area (Å²) in [5.41, 5.74) is 0. The molecule has 6 heteroatoms. The van der Waals surface area contributed by atoms with Gasteiger partial charge in [-0.1, -0.05) is 13.0 Å². The van der Waals surface area contributed by atoms with Crippen molar-refractivity contribution in [3.63, 3.8) is 0 Å². The molecule has 2 amide bonds. The van der Waals surface area contributed by atoms with Gasteiger partial charge in [0.25, 0.3) is 0 Å². The quantitative estimate of drug-likeness (QED) is 0.393. The summed E-state index contributed by atoms with van der Waals surface area (Å²) in [5, 5.41) is 4.69. The standard InChI is InChI=1S/C10H18N2O4/c1-3-5-7-16-10(14)12-8-11-9(13)15-6-4-2/h3H,1,4-8H2,2H3,(H,11,13)(H,12,14). The molecule has 0 rings (SSSR count). The molecule has 0 unspecified atom stereocenters. The summed E-state index contributed by atoms with van der Waals surface area (Å²) in [6.07, 6.45) is 1.85. The van der Waals surface area contributed by atoms with E-state index < -0.39 is 12.2 Å². The van der Waals surface area contributed by atoms with Crippen LogP contribution in [0.15, 0.2) is 12.7 Å². The molecule has 0 spiro atoms. The lowest BCUT2D eigenvalue weighted by Gasteiger charge is -2.07. The minimum atomic E-state index is -0.586. The van der Waals surface area contributed by atoms with Crippen LogP contribution in [0.2, 0.25) is 0 Å². The molecular formula is C10H18N2O4. The summed E-state index contributed by atoms with van der Waals surface area (Å²) in [7, 11) is 0. The van der Waals surface area contributed by atoms with Crippen molar-refractivity contribution in [2.75, 3.05) is 19.9 Å². The maximum atomic E-state index is 11.0. The molecule has 0 aromatic carbocycles. The summed E-state index contributed by atoms with van der Waals surface area (Å²) >= 11 is 0. The SMILES string of the molecule is C=CCCOC(=O)NCNC(=O)OCCC. The van der Waals surface area contributed by atoms with Gasteiger partial charge < -0.3 is 20.1 Å². The number of alkyl carbamates (subject to hydrolysis) is 2. The highest BCUT2D eigenvalue weighted by Gasteiger charge is 2.02. The number of nitrogens with one attached hydrogen (secondary N) is 2. The largest absolute Gasteiger partial charge is 0.450 e. The van der Waals surface area contributed by atoms with Gasteiger partial charge in [-0.15, -0.1) is 6.58 Å².